The Hall–Kier alpha value is -1.82. The van der Waals surface area contributed by atoms with Crippen molar-refractivity contribution >= 4 is 22.3 Å². The molecule has 2 rings (SSSR count). The molecule has 6 heteroatoms. The van der Waals surface area contributed by atoms with E-state index < -0.39 is 22.3 Å². The molecule has 5 nitrogen and oxygen atoms in total. The summed E-state index contributed by atoms with van der Waals surface area (Å²) in [5.41, 5.74) is 0. The van der Waals surface area contributed by atoms with E-state index in [4.69, 9.17) is 0 Å². The number of benzene rings is 1. The molecule has 0 atom stereocenters. The molecule has 0 radical (unpaired) electrons. The van der Waals surface area contributed by atoms with Gasteiger partial charge in [0, 0.05) is 3.95 Å². The van der Waals surface area contributed by atoms with Crippen molar-refractivity contribution in [2.24, 2.45) is 0 Å². The van der Waals surface area contributed by atoms with E-state index in [1.807, 2.05) is 36.4 Å². The molecular weight excluding hydrogens is 230 g/mol. The van der Waals surface area contributed by atoms with Gasteiger partial charge >= 0.3 is 22.3 Å². The van der Waals surface area contributed by atoms with Gasteiger partial charge in [-0.15, -0.1) is 8.42 Å². The predicted molar refractivity (Wildman–Crippen MR) is 54.9 cm³/mol. The first-order chi connectivity index (χ1) is 7.63. The second-order valence-electron chi connectivity index (χ2n) is 2.95. The van der Waals surface area contributed by atoms with Crippen molar-refractivity contribution in [3.63, 3.8) is 0 Å². The Morgan fingerprint density at radius 2 is 1.12 bits per heavy atom. The van der Waals surface area contributed by atoms with Gasteiger partial charge in [-0.3, -0.25) is 0 Å². The average Bonchev–Trinajstić information content (AvgIpc) is 2.62. The number of hydrogen-bond acceptors (Lipinski definition) is 4. The molecule has 1 heterocycles. The third-order valence-electron chi connectivity index (χ3n) is 1.82. The highest BCUT2D eigenvalue weighted by molar-refractivity contribution is 7.59. The standard InChI is InChI=1S/C6H6.C4H4NO4S/c1-2-4-6-5-3-1;6-3-1-2-4(7)5(3)10(8)9/h1-6H;1-2H2/q;+1. The van der Waals surface area contributed by atoms with Gasteiger partial charge in [0.2, 0.25) is 0 Å². The SMILES string of the molecule is O=C1CCC(=O)[N+]1=S(=O)=O.c1ccccc1. The van der Waals surface area contributed by atoms with Gasteiger partial charge in [0.15, 0.2) is 0 Å². The average molecular weight is 240 g/mol. The molecule has 0 spiro atoms. The maximum absolute atomic E-state index is 10.5. The van der Waals surface area contributed by atoms with Crippen LogP contribution in [0.3, 0.4) is 0 Å². The quantitative estimate of drug-likeness (QED) is 0.491. The Kier molecular flexibility index (Phi) is 4.53. The molecule has 1 fully saturated rings. The second kappa shape index (κ2) is 5.92. The van der Waals surface area contributed by atoms with Crippen molar-refractivity contribution in [2.45, 2.75) is 12.8 Å². The third kappa shape index (κ3) is 3.39. The van der Waals surface area contributed by atoms with Crippen LogP contribution in [0.5, 0.6) is 0 Å². The first kappa shape index (κ1) is 12.3. The van der Waals surface area contributed by atoms with Crippen molar-refractivity contribution in [3.05, 3.63) is 36.4 Å². The van der Waals surface area contributed by atoms with Crippen molar-refractivity contribution in [3.8, 4) is 0 Å². The molecule has 1 aromatic rings. The van der Waals surface area contributed by atoms with Crippen LogP contribution in [0.15, 0.2) is 36.4 Å². The number of rotatable bonds is 0. The molecule has 1 aliphatic rings. The summed E-state index contributed by atoms with van der Waals surface area (Å²) in [5, 5.41) is 0. The lowest BCUT2D eigenvalue weighted by atomic mass is 10.4. The van der Waals surface area contributed by atoms with Gasteiger partial charge in [0.05, 0.1) is 12.8 Å². The van der Waals surface area contributed by atoms with Gasteiger partial charge < -0.3 is 0 Å². The number of nitrogens with zero attached hydrogens (tertiary/aromatic N) is 1. The molecular formula is C10H10NO4S+. The lowest BCUT2D eigenvalue weighted by molar-refractivity contribution is -0.353. The third-order valence-corrected chi connectivity index (χ3v) is 2.53. The lowest BCUT2D eigenvalue weighted by Crippen LogP contribution is -2.16. The molecule has 1 saturated heterocycles. The van der Waals surface area contributed by atoms with Gasteiger partial charge in [-0.05, 0) is 0 Å². The summed E-state index contributed by atoms with van der Waals surface area (Å²) in [7, 11) is -2.72. The van der Waals surface area contributed by atoms with Crippen LogP contribution in [0.25, 0.3) is 0 Å². The van der Waals surface area contributed by atoms with E-state index in [-0.39, 0.29) is 16.8 Å². The normalized spacial score (nSPS) is 14.4. The Balaban J connectivity index is 0.000000181. The highest BCUT2D eigenvalue weighted by Crippen LogP contribution is 2.04. The number of carbonyl (C=O) groups is 2. The first-order valence-electron chi connectivity index (χ1n) is 4.58. The minimum Gasteiger partial charge on any atom is -0.217 e. The molecule has 0 unspecified atom stereocenters. The van der Waals surface area contributed by atoms with Gasteiger partial charge in [-0.1, -0.05) is 36.4 Å². The minimum absolute atomic E-state index is 0.00676. The van der Waals surface area contributed by atoms with Crippen LogP contribution in [-0.4, -0.2) is 24.2 Å². The van der Waals surface area contributed by atoms with Crippen molar-refractivity contribution in [2.75, 3.05) is 0 Å². The predicted octanol–water partition coefficient (Wildman–Crippen LogP) is 0.595. The summed E-state index contributed by atoms with van der Waals surface area (Å²) in [6, 6.07) is 12.0. The van der Waals surface area contributed by atoms with Gasteiger partial charge in [0.25, 0.3) is 0 Å². The van der Waals surface area contributed by atoms with E-state index in [0.717, 1.165) is 0 Å². The van der Waals surface area contributed by atoms with Crippen LogP contribution < -0.4 is 0 Å². The van der Waals surface area contributed by atoms with Crippen LogP contribution in [0.1, 0.15) is 12.8 Å². The van der Waals surface area contributed by atoms with E-state index in [1.54, 1.807) is 0 Å². The second-order valence-corrected chi connectivity index (χ2v) is 3.75. The summed E-state index contributed by atoms with van der Waals surface area (Å²) in [5.74, 6) is -1.28. The summed E-state index contributed by atoms with van der Waals surface area (Å²) in [6.07, 6.45) is 0.0135. The van der Waals surface area contributed by atoms with E-state index in [1.165, 1.54) is 0 Å². The van der Waals surface area contributed by atoms with Crippen molar-refractivity contribution in [1.82, 2.24) is 0 Å². The molecule has 1 aromatic carbocycles. The van der Waals surface area contributed by atoms with Crippen LogP contribution in [0, 0.1) is 0 Å². The number of amides is 2. The highest BCUT2D eigenvalue weighted by Gasteiger charge is 2.38. The Morgan fingerprint density at radius 3 is 1.31 bits per heavy atom. The maximum atomic E-state index is 10.5. The van der Waals surface area contributed by atoms with E-state index in [9.17, 15) is 18.0 Å². The first-order valence-corrected chi connectivity index (χ1v) is 5.61. The fourth-order valence-corrected chi connectivity index (χ4v) is 1.62. The number of imide groups is 1. The summed E-state index contributed by atoms with van der Waals surface area (Å²) >= 11 is 0. The molecule has 0 aromatic heterocycles. The molecule has 1 aliphatic heterocycles. The topological polar surface area (TPSA) is 71.3 Å². The molecule has 16 heavy (non-hydrogen) atoms. The van der Waals surface area contributed by atoms with Crippen LogP contribution in [-0.2, 0) is 20.1 Å². The molecule has 0 saturated carbocycles. The minimum atomic E-state index is -2.72. The zero-order valence-electron chi connectivity index (χ0n) is 8.37. The van der Waals surface area contributed by atoms with Gasteiger partial charge in [0.1, 0.15) is 0 Å². The zero-order valence-corrected chi connectivity index (χ0v) is 9.18. The molecule has 2 amide bonds. The van der Waals surface area contributed by atoms with Crippen molar-refractivity contribution in [1.29, 1.82) is 0 Å². The maximum Gasteiger partial charge on any atom is 0.476 e. The van der Waals surface area contributed by atoms with Crippen LogP contribution in [0.4, 0.5) is 0 Å². The number of hydrogen-bond donors (Lipinski definition) is 0. The van der Waals surface area contributed by atoms with E-state index in [2.05, 4.69) is 0 Å². The smallest absolute Gasteiger partial charge is 0.217 e. The van der Waals surface area contributed by atoms with Gasteiger partial charge in [-0.25, -0.2) is 9.59 Å². The van der Waals surface area contributed by atoms with Crippen molar-refractivity contribution < 1.29 is 22.0 Å². The summed E-state index contributed by atoms with van der Waals surface area (Å²) < 4.78 is 20.5. The summed E-state index contributed by atoms with van der Waals surface area (Å²) in [4.78, 5) is 21.1. The monoisotopic (exact) mass is 240 g/mol. The number of carbonyl (C=O) groups excluding carboxylic acids is 2. The molecule has 0 bridgehead atoms. The van der Waals surface area contributed by atoms with Crippen LogP contribution >= 0.6 is 0 Å². The summed E-state index contributed by atoms with van der Waals surface area (Å²) in [6.45, 7) is 0. The zero-order chi connectivity index (χ0) is 12.0. The largest absolute Gasteiger partial charge is 0.476 e. The Bertz CT molecular complexity index is 466. The molecule has 0 N–H and O–H groups in total. The Morgan fingerprint density at radius 1 is 0.812 bits per heavy atom. The van der Waals surface area contributed by atoms with Crippen LogP contribution in [0.2, 0.25) is 0 Å². The van der Waals surface area contributed by atoms with Gasteiger partial charge in [-0.2, -0.15) is 0 Å². The molecule has 0 aliphatic carbocycles. The van der Waals surface area contributed by atoms with E-state index in [0.29, 0.717) is 0 Å². The van der Waals surface area contributed by atoms with E-state index >= 15 is 0 Å². The highest BCUT2D eigenvalue weighted by atomic mass is 32.2. The lowest BCUT2D eigenvalue weighted by Gasteiger charge is -1.70. The molecule has 84 valence electrons. The Labute approximate surface area is 94.0 Å². The fourth-order valence-electron chi connectivity index (χ4n) is 1.11. The fraction of sp³-hybridized carbons (Fsp3) is 0.200.